The Morgan fingerprint density at radius 2 is 1.38 bits per heavy atom. The fourth-order valence-electron chi connectivity index (χ4n) is 4.02. The molecule has 0 heterocycles. The third-order valence-electron chi connectivity index (χ3n) is 5.19. The second kappa shape index (κ2) is 5.00. The van der Waals surface area contributed by atoms with Gasteiger partial charge in [-0.25, -0.2) is 0 Å². The van der Waals surface area contributed by atoms with Gasteiger partial charge >= 0.3 is 128 Å². The van der Waals surface area contributed by atoms with E-state index < -0.39 is 7.14 Å². The maximum absolute atomic E-state index is 2.57. The number of rotatable bonds is 3. The van der Waals surface area contributed by atoms with Gasteiger partial charge in [-0.05, 0) is 0 Å². The fraction of sp³-hybridized carbons (Fsp3) is 0.158. The molecule has 0 fully saturated rings. The first-order valence-electron chi connectivity index (χ1n) is 7.80. The van der Waals surface area contributed by atoms with E-state index in [0.717, 1.165) is 0 Å². The number of hydrogen-bond donors (Lipinski definition) is 0. The van der Waals surface area contributed by atoms with Crippen molar-refractivity contribution in [1.82, 2.24) is 0 Å². The Morgan fingerprint density at radius 1 is 0.810 bits per heavy atom. The van der Waals surface area contributed by atoms with Crippen LogP contribution in [0.1, 0.15) is 6.42 Å². The van der Waals surface area contributed by atoms with Gasteiger partial charge in [-0.2, -0.15) is 0 Å². The van der Waals surface area contributed by atoms with Gasteiger partial charge in [0.05, 0.1) is 0 Å². The van der Waals surface area contributed by atoms with Crippen LogP contribution in [-0.4, -0.2) is 7.57 Å². The van der Waals surface area contributed by atoms with E-state index in [1.54, 1.807) is 5.31 Å². The second-order valence-corrected chi connectivity index (χ2v) is 10.4. The van der Waals surface area contributed by atoms with Crippen molar-refractivity contribution in [3.05, 3.63) is 84.2 Å². The molecule has 0 nitrogen and oxygen atoms in total. The van der Waals surface area contributed by atoms with E-state index in [-0.39, 0.29) is 0 Å². The van der Waals surface area contributed by atoms with Gasteiger partial charge in [0.1, 0.15) is 0 Å². The standard InChI is InChI=1S/C19H20BP/c20-21(17-7-3-1-4-8-17,18-9-5-2-6-10-18)19-14-15-11-12-16(19)13-15/h1-12,14-16,21H,13,20H2/t15?,16-/m0/s1. The van der Waals surface area contributed by atoms with Gasteiger partial charge in [-0.3, -0.25) is 0 Å². The molecule has 2 aromatic rings. The summed E-state index contributed by atoms with van der Waals surface area (Å²) in [6.07, 6.45) is 8.70. The molecule has 2 atom stereocenters. The molecular formula is C19H20BP. The Kier molecular flexibility index (Phi) is 3.12. The van der Waals surface area contributed by atoms with Crippen molar-refractivity contribution >= 4 is 25.3 Å². The first-order valence-corrected chi connectivity index (χ1v) is 10.3. The summed E-state index contributed by atoms with van der Waals surface area (Å²) in [7, 11) is 0.713. The molecule has 4 rings (SSSR count). The van der Waals surface area contributed by atoms with Gasteiger partial charge in [-0.15, -0.1) is 0 Å². The Bertz CT molecular complexity index is 663. The van der Waals surface area contributed by atoms with Crippen LogP contribution in [0.5, 0.6) is 0 Å². The van der Waals surface area contributed by atoms with Crippen molar-refractivity contribution in [1.29, 1.82) is 0 Å². The first kappa shape index (κ1) is 13.1. The molecule has 21 heavy (non-hydrogen) atoms. The summed E-state index contributed by atoms with van der Waals surface area (Å²) in [4.78, 5) is 0. The molecule has 0 spiro atoms. The molecule has 0 saturated heterocycles. The minimum atomic E-state index is -1.81. The van der Waals surface area contributed by atoms with E-state index in [2.05, 4.69) is 86.5 Å². The third kappa shape index (κ3) is 2.03. The molecular weight excluding hydrogens is 270 g/mol. The van der Waals surface area contributed by atoms with Crippen molar-refractivity contribution in [3.63, 3.8) is 0 Å². The monoisotopic (exact) mass is 290 g/mol. The molecule has 0 amide bonds. The van der Waals surface area contributed by atoms with Crippen LogP contribution >= 0.6 is 7.14 Å². The van der Waals surface area contributed by atoms with Crippen molar-refractivity contribution < 1.29 is 0 Å². The zero-order valence-corrected chi connectivity index (χ0v) is 13.4. The molecule has 2 aliphatic carbocycles. The van der Waals surface area contributed by atoms with Crippen molar-refractivity contribution in [2.75, 3.05) is 0 Å². The predicted molar refractivity (Wildman–Crippen MR) is 97.8 cm³/mol. The molecule has 0 aliphatic heterocycles. The van der Waals surface area contributed by atoms with Crippen LogP contribution < -0.4 is 10.6 Å². The summed E-state index contributed by atoms with van der Waals surface area (Å²) in [6, 6.07) is 22.3. The van der Waals surface area contributed by atoms with Crippen molar-refractivity contribution in [2.45, 2.75) is 6.42 Å². The summed E-state index contributed by atoms with van der Waals surface area (Å²) in [6.45, 7) is 0. The topological polar surface area (TPSA) is 0 Å². The summed E-state index contributed by atoms with van der Waals surface area (Å²) < 4.78 is 0. The normalized spacial score (nSPS) is 24.1. The second-order valence-electron chi connectivity index (χ2n) is 6.37. The molecule has 2 heteroatoms. The maximum atomic E-state index is 2.57. The summed E-state index contributed by atoms with van der Waals surface area (Å²) in [5.74, 6) is 1.36. The Morgan fingerprint density at radius 3 is 1.81 bits per heavy atom. The predicted octanol–water partition coefficient (Wildman–Crippen LogP) is 3.03. The average molecular weight is 290 g/mol. The van der Waals surface area contributed by atoms with E-state index >= 15 is 0 Å². The number of hydrogen-bond acceptors (Lipinski definition) is 0. The minimum absolute atomic E-state index is 0.673. The van der Waals surface area contributed by atoms with E-state index in [4.69, 9.17) is 0 Å². The molecule has 0 saturated carbocycles. The fourth-order valence-corrected chi connectivity index (χ4v) is 8.24. The van der Waals surface area contributed by atoms with Crippen LogP contribution in [0.4, 0.5) is 0 Å². The van der Waals surface area contributed by atoms with Crippen LogP contribution in [0.2, 0.25) is 0 Å². The number of benzene rings is 2. The molecule has 0 radical (unpaired) electrons. The number of fused-ring (bicyclic) bond motifs is 2. The summed E-state index contributed by atoms with van der Waals surface area (Å²) in [5, 5.41) is 4.78. The zero-order valence-electron chi connectivity index (χ0n) is 12.4. The van der Waals surface area contributed by atoms with Crippen LogP contribution in [0.15, 0.2) is 84.2 Å². The molecule has 1 unspecified atom stereocenters. The molecule has 104 valence electrons. The van der Waals surface area contributed by atoms with Crippen molar-refractivity contribution in [3.8, 4) is 0 Å². The van der Waals surface area contributed by atoms with Gasteiger partial charge in [0.15, 0.2) is 0 Å². The molecule has 0 N–H and O–H groups in total. The Balaban J connectivity index is 1.90. The van der Waals surface area contributed by atoms with E-state index in [1.165, 1.54) is 17.0 Å². The zero-order chi connectivity index (χ0) is 14.3. The molecule has 2 aromatic carbocycles. The molecule has 2 aliphatic rings. The Labute approximate surface area is 128 Å². The first-order chi connectivity index (χ1) is 10.3. The van der Waals surface area contributed by atoms with Gasteiger partial charge in [0, 0.05) is 0 Å². The van der Waals surface area contributed by atoms with Gasteiger partial charge in [-0.1, -0.05) is 0 Å². The SMILES string of the molecule is B[PH](C1=CC2C=C[C@H]1C2)(c1ccccc1)c1ccccc1. The van der Waals surface area contributed by atoms with Crippen LogP contribution in [-0.2, 0) is 0 Å². The molecule has 0 aromatic heterocycles. The Hall–Kier alpha value is -1.59. The van der Waals surface area contributed by atoms with Gasteiger partial charge < -0.3 is 0 Å². The average Bonchev–Trinajstić information content (AvgIpc) is 3.19. The van der Waals surface area contributed by atoms with Gasteiger partial charge in [0.25, 0.3) is 0 Å². The van der Waals surface area contributed by atoms with Gasteiger partial charge in [0.2, 0.25) is 0 Å². The summed E-state index contributed by atoms with van der Waals surface area (Å²) in [5.41, 5.74) is 0. The van der Waals surface area contributed by atoms with Crippen LogP contribution in [0, 0.1) is 11.8 Å². The van der Waals surface area contributed by atoms with Crippen molar-refractivity contribution in [2.24, 2.45) is 11.8 Å². The third-order valence-corrected chi connectivity index (χ3v) is 9.86. The quantitative estimate of drug-likeness (QED) is 0.463. The van der Waals surface area contributed by atoms with E-state index in [1.807, 2.05) is 0 Å². The van der Waals surface area contributed by atoms with E-state index in [9.17, 15) is 0 Å². The van der Waals surface area contributed by atoms with Crippen LogP contribution in [0.25, 0.3) is 0 Å². The van der Waals surface area contributed by atoms with E-state index in [0.29, 0.717) is 11.8 Å². The summed E-state index contributed by atoms with van der Waals surface area (Å²) >= 11 is 0. The van der Waals surface area contributed by atoms with Crippen LogP contribution in [0.3, 0.4) is 0 Å². The number of allylic oxidation sites excluding steroid dienone is 4. The molecule has 2 bridgehead atoms.